The van der Waals surface area contributed by atoms with Gasteiger partial charge in [-0.2, -0.15) is 5.26 Å². The first-order chi connectivity index (χ1) is 9.51. The van der Waals surface area contributed by atoms with E-state index in [1.165, 1.54) is 23.9 Å². The summed E-state index contributed by atoms with van der Waals surface area (Å²) < 4.78 is 0. The summed E-state index contributed by atoms with van der Waals surface area (Å²) in [5.41, 5.74) is 2.12. The lowest BCUT2D eigenvalue weighted by Crippen LogP contribution is -1.94. The van der Waals surface area contributed by atoms with E-state index in [4.69, 9.17) is 0 Å². The summed E-state index contributed by atoms with van der Waals surface area (Å²) >= 11 is 1.40. The van der Waals surface area contributed by atoms with Crippen LogP contribution in [0.1, 0.15) is 17.0 Å². The van der Waals surface area contributed by atoms with Gasteiger partial charge in [0, 0.05) is 27.6 Å². The maximum atomic E-state index is 10.6. The van der Waals surface area contributed by atoms with Gasteiger partial charge >= 0.3 is 0 Å². The number of aromatic nitrogens is 1. The fraction of sp³-hybridized carbons (Fsp3) is 0.143. The van der Waals surface area contributed by atoms with Gasteiger partial charge in [0.05, 0.1) is 16.2 Å². The second-order valence-corrected chi connectivity index (χ2v) is 5.30. The third-order valence-electron chi connectivity index (χ3n) is 2.68. The second-order valence-electron chi connectivity index (χ2n) is 4.19. The Labute approximate surface area is 120 Å². The highest BCUT2D eigenvalue weighted by Gasteiger charge is 2.11. The highest BCUT2D eigenvalue weighted by Crippen LogP contribution is 2.32. The zero-order chi connectivity index (χ0) is 14.7. The number of pyridine rings is 1. The van der Waals surface area contributed by atoms with E-state index in [0.717, 1.165) is 15.5 Å². The number of nitro benzene ring substituents is 1. The number of hydrogen-bond donors (Lipinski definition) is 0. The Hall–Kier alpha value is -2.39. The number of nitro groups is 1. The van der Waals surface area contributed by atoms with Crippen LogP contribution >= 0.6 is 11.8 Å². The van der Waals surface area contributed by atoms with Crippen molar-refractivity contribution in [1.29, 1.82) is 5.26 Å². The van der Waals surface area contributed by atoms with Crippen LogP contribution in [0, 0.1) is 35.3 Å². The van der Waals surface area contributed by atoms with Crippen molar-refractivity contribution in [1.82, 2.24) is 4.98 Å². The molecule has 0 amide bonds. The molecule has 2 rings (SSSR count). The Morgan fingerprint density at radius 2 is 1.95 bits per heavy atom. The molecule has 0 unspecified atom stereocenters. The van der Waals surface area contributed by atoms with E-state index < -0.39 is 4.92 Å². The number of nitrogens with zero attached hydrogens (tertiary/aromatic N) is 3. The molecule has 0 saturated heterocycles. The second kappa shape index (κ2) is 5.72. The van der Waals surface area contributed by atoms with Crippen molar-refractivity contribution in [2.75, 3.05) is 0 Å². The van der Waals surface area contributed by atoms with Gasteiger partial charge in [-0.05, 0) is 32.0 Å². The van der Waals surface area contributed by atoms with E-state index in [9.17, 15) is 15.4 Å². The topological polar surface area (TPSA) is 79.8 Å². The van der Waals surface area contributed by atoms with Crippen molar-refractivity contribution in [3.8, 4) is 6.07 Å². The maximum Gasteiger partial charge on any atom is 0.269 e. The third-order valence-corrected chi connectivity index (χ3v) is 3.73. The van der Waals surface area contributed by atoms with Crippen LogP contribution in [0.25, 0.3) is 0 Å². The predicted molar refractivity (Wildman–Crippen MR) is 75.6 cm³/mol. The number of benzene rings is 1. The minimum absolute atomic E-state index is 0.0527. The Kier molecular flexibility index (Phi) is 4.01. The summed E-state index contributed by atoms with van der Waals surface area (Å²) in [6, 6.07) is 10.3. The monoisotopic (exact) mass is 285 g/mol. The standard InChI is InChI=1S/C14H11N3O2S/c1-9-7-14(13(8-15)10(2)16-9)20-12-5-3-11(4-6-12)17(18)19/h3-7H,1-2H3. The van der Waals surface area contributed by atoms with Crippen LogP contribution in [-0.4, -0.2) is 9.91 Å². The summed E-state index contributed by atoms with van der Waals surface area (Å²) in [7, 11) is 0. The molecule has 0 aliphatic carbocycles. The van der Waals surface area contributed by atoms with Gasteiger partial charge in [0.15, 0.2) is 0 Å². The quantitative estimate of drug-likeness (QED) is 0.635. The number of rotatable bonds is 3. The minimum atomic E-state index is -0.435. The zero-order valence-corrected chi connectivity index (χ0v) is 11.8. The van der Waals surface area contributed by atoms with Gasteiger partial charge in [0.25, 0.3) is 5.69 Å². The van der Waals surface area contributed by atoms with Crippen molar-refractivity contribution in [3.63, 3.8) is 0 Å². The Balaban J connectivity index is 2.35. The van der Waals surface area contributed by atoms with Crippen molar-refractivity contribution < 1.29 is 4.92 Å². The summed E-state index contributed by atoms with van der Waals surface area (Å²) in [6.07, 6.45) is 0. The first-order valence-corrected chi connectivity index (χ1v) is 6.63. The fourth-order valence-corrected chi connectivity index (χ4v) is 2.82. The normalized spacial score (nSPS) is 10.1. The molecule has 0 spiro atoms. The maximum absolute atomic E-state index is 10.6. The van der Waals surface area contributed by atoms with E-state index in [0.29, 0.717) is 11.3 Å². The molecule has 0 aliphatic heterocycles. The highest BCUT2D eigenvalue weighted by atomic mass is 32.2. The average Bonchev–Trinajstić information content (AvgIpc) is 2.39. The van der Waals surface area contributed by atoms with Gasteiger partial charge < -0.3 is 0 Å². The number of nitriles is 1. The summed E-state index contributed by atoms with van der Waals surface area (Å²) in [4.78, 5) is 16.1. The lowest BCUT2D eigenvalue weighted by atomic mass is 10.2. The minimum Gasteiger partial charge on any atom is -0.258 e. The summed E-state index contributed by atoms with van der Waals surface area (Å²) in [6.45, 7) is 3.67. The first kappa shape index (κ1) is 14.0. The molecular formula is C14H11N3O2S. The highest BCUT2D eigenvalue weighted by molar-refractivity contribution is 7.99. The van der Waals surface area contributed by atoms with Crippen LogP contribution < -0.4 is 0 Å². The van der Waals surface area contributed by atoms with Gasteiger partial charge in [-0.1, -0.05) is 11.8 Å². The molecule has 0 atom stereocenters. The van der Waals surface area contributed by atoms with Gasteiger partial charge in [-0.3, -0.25) is 15.1 Å². The molecule has 0 radical (unpaired) electrons. The number of hydrogen-bond acceptors (Lipinski definition) is 5. The molecule has 0 saturated carbocycles. The van der Waals surface area contributed by atoms with Crippen LogP contribution in [-0.2, 0) is 0 Å². The number of aryl methyl sites for hydroxylation is 2. The van der Waals surface area contributed by atoms with Gasteiger partial charge in [0.1, 0.15) is 6.07 Å². The predicted octanol–water partition coefficient (Wildman–Crippen LogP) is 3.63. The van der Waals surface area contributed by atoms with Crippen LogP contribution in [0.4, 0.5) is 5.69 Å². The SMILES string of the molecule is Cc1cc(Sc2ccc([N+](=O)[O-])cc2)c(C#N)c(C)n1. The van der Waals surface area contributed by atoms with Crippen molar-refractivity contribution in [3.05, 3.63) is 57.4 Å². The van der Waals surface area contributed by atoms with Crippen molar-refractivity contribution >= 4 is 17.4 Å². The molecule has 1 aromatic heterocycles. The van der Waals surface area contributed by atoms with Crippen molar-refractivity contribution in [2.24, 2.45) is 0 Å². The molecule has 0 N–H and O–H groups in total. The molecule has 1 aromatic carbocycles. The van der Waals surface area contributed by atoms with Crippen molar-refractivity contribution in [2.45, 2.75) is 23.6 Å². The summed E-state index contributed by atoms with van der Waals surface area (Å²) in [5, 5.41) is 19.8. The molecule has 1 heterocycles. The van der Waals surface area contributed by atoms with Gasteiger partial charge in [0.2, 0.25) is 0 Å². The smallest absolute Gasteiger partial charge is 0.258 e. The Bertz CT molecular complexity index is 706. The Morgan fingerprint density at radius 3 is 2.50 bits per heavy atom. The molecule has 0 fully saturated rings. The van der Waals surface area contributed by atoms with Crippen LogP contribution in [0.3, 0.4) is 0 Å². The first-order valence-electron chi connectivity index (χ1n) is 5.82. The lowest BCUT2D eigenvalue weighted by Gasteiger charge is -2.07. The molecule has 0 aliphatic rings. The van der Waals surface area contributed by atoms with E-state index in [1.54, 1.807) is 19.1 Å². The van der Waals surface area contributed by atoms with E-state index in [2.05, 4.69) is 11.1 Å². The number of non-ortho nitro benzene ring substituents is 1. The van der Waals surface area contributed by atoms with Crippen LogP contribution in [0.15, 0.2) is 40.1 Å². The van der Waals surface area contributed by atoms with E-state index in [-0.39, 0.29) is 5.69 Å². The lowest BCUT2D eigenvalue weighted by molar-refractivity contribution is -0.384. The molecule has 5 nitrogen and oxygen atoms in total. The fourth-order valence-electron chi connectivity index (χ4n) is 1.77. The van der Waals surface area contributed by atoms with E-state index in [1.807, 2.05) is 13.0 Å². The molecule has 20 heavy (non-hydrogen) atoms. The van der Waals surface area contributed by atoms with Gasteiger partial charge in [-0.15, -0.1) is 0 Å². The molecular weight excluding hydrogens is 274 g/mol. The molecule has 100 valence electrons. The van der Waals surface area contributed by atoms with Crippen LogP contribution in [0.2, 0.25) is 0 Å². The summed E-state index contributed by atoms with van der Waals surface area (Å²) in [5.74, 6) is 0. The largest absolute Gasteiger partial charge is 0.269 e. The molecule has 2 aromatic rings. The van der Waals surface area contributed by atoms with E-state index >= 15 is 0 Å². The molecule has 0 bridgehead atoms. The van der Waals surface area contributed by atoms with Crippen LogP contribution in [0.5, 0.6) is 0 Å². The molecule has 6 heteroatoms. The zero-order valence-electron chi connectivity index (χ0n) is 11.0. The third kappa shape index (κ3) is 2.95. The van der Waals surface area contributed by atoms with Gasteiger partial charge in [-0.25, -0.2) is 0 Å². The average molecular weight is 285 g/mol. The Morgan fingerprint density at radius 1 is 1.30 bits per heavy atom.